The Labute approximate surface area is 113 Å². The number of hydrogen-bond acceptors (Lipinski definition) is 4. The van der Waals surface area contributed by atoms with Gasteiger partial charge in [0, 0.05) is 24.1 Å². The van der Waals surface area contributed by atoms with Crippen molar-refractivity contribution in [3.05, 3.63) is 52.6 Å². The molecule has 7 nitrogen and oxygen atoms in total. The molecule has 1 N–H and O–H groups in total. The van der Waals surface area contributed by atoms with E-state index in [0.29, 0.717) is 0 Å². The van der Waals surface area contributed by atoms with Gasteiger partial charge in [-0.05, 0) is 25.1 Å². The first-order chi connectivity index (χ1) is 9.49. The van der Waals surface area contributed by atoms with Gasteiger partial charge in [0.1, 0.15) is 6.04 Å². The van der Waals surface area contributed by atoms with E-state index in [4.69, 9.17) is 0 Å². The fraction of sp³-hybridized carbons (Fsp3) is 0.167. The highest BCUT2D eigenvalue weighted by Crippen LogP contribution is 2.22. The van der Waals surface area contributed by atoms with Crippen LogP contribution in [0.15, 0.2) is 36.7 Å². The molecule has 0 aliphatic carbocycles. The molecule has 0 fully saturated rings. The van der Waals surface area contributed by atoms with Crippen LogP contribution in [0.2, 0.25) is 0 Å². The average molecular weight is 278 g/mol. The van der Waals surface area contributed by atoms with Crippen molar-refractivity contribution in [1.29, 1.82) is 0 Å². The standard InChI is InChI=1S/C12H11FN4O3/c1-8(16-6-2-5-14-16)12(18)15-9-3-4-10(13)11(7-9)17(19)20/h2-8H,1H3,(H,15,18). The van der Waals surface area contributed by atoms with Gasteiger partial charge in [0.25, 0.3) is 0 Å². The fourth-order valence-electron chi connectivity index (χ4n) is 1.61. The Bertz CT molecular complexity index is 642. The number of nitro benzene ring substituents is 1. The van der Waals surface area contributed by atoms with Crippen LogP contribution in [0.25, 0.3) is 0 Å². The van der Waals surface area contributed by atoms with E-state index in [1.54, 1.807) is 19.2 Å². The van der Waals surface area contributed by atoms with Crippen LogP contribution in [0.3, 0.4) is 0 Å². The summed E-state index contributed by atoms with van der Waals surface area (Å²) < 4.78 is 14.6. The number of amides is 1. The zero-order valence-electron chi connectivity index (χ0n) is 10.5. The third-order valence-corrected chi connectivity index (χ3v) is 2.71. The van der Waals surface area contributed by atoms with Crippen LogP contribution in [0.5, 0.6) is 0 Å². The minimum atomic E-state index is -0.951. The fourth-order valence-corrected chi connectivity index (χ4v) is 1.61. The van der Waals surface area contributed by atoms with Gasteiger partial charge in [-0.2, -0.15) is 9.49 Å². The second-order valence-electron chi connectivity index (χ2n) is 4.07. The quantitative estimate of drug-likeness (QED) is 0.685. The number of benzene rings is 1. The Morgan fingerprint density at radius 2 is 2.30 bits per heavy atom. The van der Waals surface area contributed by atoms with Crippen molar-refractivity contribution in [3.63, 3.8) is 0 Å². The highest BCUT2D eigenvalue weighted by molar-refractivity contribution is 5.93. The molecule has 0 saturated carbocycles. The van der Waals surface area contributed by atoms with Crippen LogP contribution in [-0.4, -0.2) is 20.6 Å². The van der Waals surface area contributed by atoms with Crippen LogP contribution < -0.4 is 5.32 Å². The maximum absolute atomic E-state index is 13.2. The normalized spacial score (nSPS) is 11.9. The topological polar surface area (TPSA) is 90.1 Å². The van der Waals surface area contributed by atoms with E-state index in [1.165, 1.54) is 16.9 Å². The Balaban J connectivity index is 2.16. The summed E-state index contributed by atoms with van der Waals surface area (Å²) in [4.78, 5) is 21.7. The molecule has 104 valence electrons. The number of nitro groups is 1. The zero-order valence-corrected chi connectivity index (χ0v) is 10.5. The number of nitrogens with one attached hydrogen (secondary N) is 1. The van der Waals surface area contributed by atoms with Crippen molar-refractivity contribution < 1.29 is 14.1 Å². The van der Waals surface area contributed by atoms with Crippen LogP contribution in [0.1, 0.15) is 13.0 Å². The van der Waals surface area contributed by atoms with E-state index < -0.39 is 28.4 Å². The van der Waals surface area contributed by atoms with Crippen LogP contribution in [0, 0.1) is 15.9 Å². The number of carbonyl (C=O) groups excluding carboxylic acids is 1. The molecule has 0 aliphatic rings. The lowest BCUT2D eigenvalue weighted by molar-refractivity contribution is -0.387. The Morgan fingerprint density at radius 1 is 1.55 bits per heavy atom. The smallest absolute Gasteiger partial charge is 0.306 e. The van der Waals surface area contributed by atoms with Gasteiger partial charge in [-0.3, -0.25) is 19.6 Å². The molecule has 1 amide bonds. The van der Waals surface area contributed by atoms with E-state index in [1.807, 2.05) is 0 Å². The number of anilines is 1. The van der Waals surface area contributed by atoms with Crippen molar-refractivity contribution in [2.24, 2.45) is 0 Å². The van der Waals surface area contributed by atoms with Crippen LogP contribution in [0.4, 0.5) is 15.8 Å². The summed E-state index contributed by atoms with van der Waals surface area (Å²) in [6, 6.07) is 4.26. The lowest BCUT2D eigenvalue weighted by Crippen LogP contribution is -2.24. The molecule has 1 aromatic carbocycles. The molecule has 20 heavy (non-hydrogen) atoms. The van der Waals surface area contributed by atoms with Gasteiger partial charge < -0.3 is 5.32 Å². The van der Waals surface area contributed by atoms with Gasteiger partial charge in [0.15, 0.2) is 0 Å². The van der Waals surface area contributed by atoms with E-state index >= 15 is 0 Å². The van der Waals surface area contributed by atoms with Crippen molar-refractivity contribution in [1.82, 2.24) is 9.78 Å². The summed E-state index contributed by atoms with van der Waals surface area (Å²) in [6.45, 7) is 1.63. The predicted molar refractivity (Wildman–Crippen MR) is 68.6 cm³/mol. The summed E-state index contributed by atoms with van der Waals surface area (Å²) in [5, 5.41) is 17.0. The number of aromatic nitrogens is 2. The highest BCUT2D eigenvalue weighted by Gasteiger charge is 2.18. The first kappa shape index (κ1) is 13.7. The van der Waals surface area contributed by atoms with Crippen molar-refractivity contribution in [2.45, 2.75) is 13.0 Å². The van der Waals surface area contributed by atoms with Crippen molar-refractivity contribution in [2.75, 3.05) is 5.32 Å². The van der Waals surface area contributed by atoms with E-state index in [9.17, 15) is 19.3 Å². The number of nitrogens with zero attached hydrogens (tertiary/aromatic N) is 3. The van der Waals surface area contributed by atoms with Gasteiger partial charge in [-0.1, -0.05) is 0 Å². The monoisotopic (exact) mass is 278 g/mol. The molecular formula is C12H11FN4O3. The average Bonchev–Trinajstić information content (AvgIpc) is 2.93. The third-order valence-electron chi connectivity index (χ3n) is 2.71. The molecule has 1 atom stereocenters. The second-order valence-corrected chi connectivity index (χ2v) is 4.07. The molecular weight excluding hydrogens is 267 g/mol. The molecule has 2 rings (SSSR count). The minimum absolute atomic E-state index is 0.155. The van der Waals surface area contributed by atoms with Crippen molar-refractivity contribution in [3.8, 4) is 0 Å². The summed E-state index contributed by atoms with van der Waals surface area (Å²) in [7, 11) is 0. The SMILES string of the molecule is CC(C(=O)Nc1ccc(F)c([N+](=O)[O-])c1)n1cccn1. The minimum Gasteiger partial charge on any atom is -0.324 e. The maximum atomic E-state index is 13.2. The molecule has 1 heterocycles. The van der Waals surface area contributed by atoms with E-state index in [2.05, 4.69) is 10.4 Å². The van der Waals surface area contributed by atoms with Gasteiger partial charge >= 0.3 is 5.69 Å². The Kier molecular flexibility index (Phi) is 3.74. The van der Waals surface area contributed by atoms with E-state index in [0.717, 1.165) is 12.1 Å². The second kappa shape index (κ2) is 5.47. The van der Waals surface area contributed by atoms with Crippen LogP contribution in [-0.2, 0) is 4.79 Å². The lowest BCUT2D eigenvalue weighted by Gasteiger charge is -2.12. The molecule has 1 unspecified atom stereocenters. The summed E-state index contributed by atoms with van der Waals surface area (Å²) >= 11 is 0. The van der Waals surface area contributed by atoms with Gasteiger partial charge in [-0.15, -0.1) is 0 Å². The number of carbonyl (C=O) groups is 1. The largest absolute Gasteiger partial charge is 0.324 e. The molecule has 0 spiro atoms. The summed E-state index contributed by atoms with van der Waals surface area (Å²) in [5.74, 6) is -1.36. The number of halogens is 1. The number of rotatable bonds is 4. The molecule has 8 heteroatoms. The number of hydrogen-bond donors (Lipinski definition) is 1. The molecule has 0 radical (unpaired) electrons. The first-order valence-corrected chi connectivity index (χ1v) is 5.73. The maximum Gasteiger partial charge on any atom is 0.306 e. The lowest BCUT2D eigenvalue weighted by atomic mass is 10.2. The summed E-state index contributed by atoms with van der Waals surface area (Å²) in [6.07, 6.45) is 3.16. The molecule has 0 aliphatic heterocycles. The Hall–Kier alpha value is -2.77. The zero-order chi connectivity index (χ0) is 14.7. The molecule has 1 aromatic heterocycles. The summed E-state index contributed by atoms with van der Waals surface area (Å²) in [5.41, 5.74) is -0.531. The molecule has 0 bridgehead atoms. The predicted octanol–water partition coefficient (Wildman–Crippen LogP) is 2.13. The Morgan fingerprint density at radius 3 is 2.90 bits per heavy atom. The van der Waals surface area contributed by atoms with Gasteiger partial charge in [0.05, 0.1) is 4.92 Å². The third kappa shape index (κ3) is 2.79. The van der Waals surface area contributed by atoms with Crippen molar-refractivity contribution >= 4 is 17.3 Å². The molecule has 0 saturated heterocycles. The highest BCUT2D eigenvalue weighted by atomic mass is 19.1. The van der Waals surface area contributed by atoms with Crippen LogP contribution >= 0.6 is 0 Å². The molecule has 2 aromatic rings. The van der Waals surface area contributed by atoms with Gasteiger partial charge in [0.2, 0.25) is 11.7 Å². The first-order valence-electron chi connectivity index (χ1n) is 5.73. The van der Waals surface area contributed by atoms with E-state index in [-0.39, 0.29) is 5.69 Å². The van der Waals surface area contributed by atoms with Gasteiger partial charge in [-0.25, -0.2) is 0 Å².